The van der Waals surface area contributed by atoms with Gasteiger partial charge in [-0.15, -0.1) is 0 Å². The number of ether oxygens (including phenoxy) is 1. The molecule has 0 fully saturated rings. The molecule has 3 aliphatic rings. The van der Waals surface area contributed by atoms with E-state index in [4.69, 9.17) is 4.74 Å². The first kappa shape index (κ1) is 25.9. The van der Waals surface area contributed by atoms with Crippen molar-refractivity contribution in [3.8, 4) is 40.7 Å². The largest absolute Gasteiger partial charge is 0.494 e. The van der Waals surface area contributed by atoms with E-state index in [1.54, 1.807) is 31.3 Å². The molecule has 2 aromatic heterocycles. The zero-order valence-corrected chi connectivity index (χ0v) is 23.8. The van der Waals surface area contributed by atoms with Crippen LogP contribution in [0.15, 0.2) is 84.9 Å². The molecular formula is C35H32N2O5. The number of aryl methyl sites for hydroxylation is 1. The first-order valence-corrected chi connectivity index (χ1v) is 14.0. The Hall–Kier alpha value is -5.04. The molecule has 2 atom stereocenters. The number of hydrogen-bond donors (Lipinski definition) is 4. The average molecular weight is 561 g/mol. The highest BCUT2D eigenvalue weighted by Crippen LogP contribution is 2.61. The Kier molecular flexibility index (Phi) is 5.54. The van der Waals surface area contributed by atoms with Crippen molar-refractivity contribution in [3.05, 3.63) is 124 Å². The topological polar surface area (TPSA) is 100 Å². The van der Waals surface area contributed by atoms with Crippen molar-refractivity contribution in [3.63, 3.8) is 0 Å². The van der Waals surface area contributed by atoms with Gasteiger partial charge in [0, 0.05) is 46.6 Å². The van der Waals surface area contributed by atoms with Crippen LogP contribution in [0.4, 0.5) is 0 Å². The monoisotopic (exact) mass is 560 g/mol. The molecule has 5 aromatic rings. The van der Waals surface area contributed by atoms with Crippen LogP contribution in [0.25, 0.3) is 5.69 Å². The predicted molar refractivity (Wildman–Crippen MR) is 160 cm³/mol. The number of rotatable bonds is 5. The molecule has 7 heteroatoms. The van der Waals surface area contributed by atoms with E-state index < -0.39 is 11.8 Å². The van der Waals surface area contributed by atoms with Crippen LogP contribution in [0.2, 0.25) is 0 Å². The van der Waals surface area contributed by atoms with Crippen molar-refractivity contribution < 1.29 is 25.2 Å². The smallest absolute Gasteiger partial charge is 0.203 e. The molecule has 4 N–H and O–H groups in total. The highest BCUT2D eigenvalue weighted by Gasteiger charge is 2.46. The van der Waals surface area contributed by atoms with Crippen LogP contribution in [-0.4, -0.2) is 29.6 Å². The van der Waals surface area contributed by atoms with Gasteiger partial charge in [-0.2, -0.15) is 0 Å². The first-order chi connectivity index (χ1) is 20.1. The van der Waals surface area contributed by atoms with Crippen molar-refractivity contribution >= 4 is 0 Å². The highest BCUT2D eigenvalue weighted by atomic mass is 16.5. The third-order valence-corrected chi connectivity index (χ3v) is 9.02. The summed E-state index contributed by atoms with van der Waals surface area (Å²) in [5, 5.41) is 43.9. The number of allylic oxidation sites excluding steroid dienone is 2. The maximum atomic E-state index is 11.3. The predicted octanol–water partition coefficient (Wildman–Crippen LogP) is 7.21. The lowest BCUT2D eigenvalue weighted by molar-refractivity contribution is 0.383. The molecule has 2 unspecified atom stereocenters. The van der Waals surface area contributed by atoms with Gasteiger partial charge in [-0.05, 0) is 54.4 Å². The summed E-state index contributed by atoms with van der Waals surface area (Å²) in [5.41, 5.74) is 6.24. The molecule has 0 spiro atoms. The van der Waals surface area contributed by atoms with Crippen LogP contribution >= 0.6 is 0 Å². The number of benzene rings is 3. The molecular weight excluding hydrogens is 528 g/mol. The molecule has 3 aliphatic carbocycles. The normalized spacial score (nSPS) is 16.9. The van der Waals surface area contributed by atoms with E-state index in [0.717, 1.165) is 0 Å². The van der Waals surface area contributed by atoms with E-state index in [1.165, 1.54) is 25.8 Å². The minimum Gasteiger partial charge on any atom is -0.494 e. The zero-order valence-electron chi connectivity index (χ0n) is 23.8. The van der Waals surface area contributed by atoms with Gasteiger partial charge in [-0.3, -0.25) is 9.13 Å². The molecule has 2 heterocycles. The van der Waals surface area contributed by atoms with Crippen LogP contribution < -0.4 is 4.74 Å². The average Bonchev–Trinajstić information content (AvgIpc) is 3.40. The van der Waals surface area contributed by atoms with E-state index in [9.17, 15) is 20.4 Å². The van der Waals surface area contributed by atoms with E-state index in [1.807, 2.05) is 24.3 Å². The summed E-state index contributed by atoms with van der Waals surface area (Å²) in [6, 6.07) is 23.8. The SMILES string of the molecule is Cc1ccc(C(C)(C)c2ccc(Oc3ccc(-n4c(O)c5c(c4O)C4C=CC5c5c4c(O)n(C)c5O)cc3)cc2)cc1. The lowest BCUT2D eigenvalue weighted by Crippen LogP contribution is -2.18. The van der Waals surface area contributed by atoms with Crippen molar-refractivity contribution in [2.24, 2.45) is 7.05 Å². The molecule has 2 bridgehead atoms. The van der Waals surface area contributed by atoms with Crippen LogP contribution in [0.5, 0.6) is 35.0 Å². The third kappa shape index (κ3) is 3.59. The van der Waals surface area contributed by atoms with Crippen molar-refractivity contribution in [2.45, 2.75) is 38.0 Å². The van der Waals surface area contributed by atoms with Gasteiger partial charge in [0.1, 0.15) is 11.5 Å². The summed E-state index contributed by atoms with van der Waals surface area (Å²) in [5.74, 6) is 0.0473. The summed E-state index contributed by atoms with van der Waals surface area (Å²) in [6.45, 7) is 6.51. The fourth-order valence-electron chi connectivity index (χ4n) is 6.53. The van der Waals surface area contributed by atoms with Gasteiger partial charge in [0.25, 0.3) is 0 Å². The summed E-state index contributed by atoms with van der Waals surface area (Å²) in [6.07, 6.45) is 3.78. The fraction of sp³-hybridized carbons (Fsp3) is 0.200. The lowest BCUT2D eigenvalue weighted by atomic mass is 9.70. The molecule has 7 nitrogen and oxygen atoms in total. The molecule has 0 saturated heterocycles. The summed E-state index contributed by atoms with van der Waals surface area (Å²) >= 11 is 0. The number of hydrogen-bond acceptors (Lipinski definition) is 5. The molecule has 0 aliphatic heterocycles. The Balaban J connectivity index is 1.14. The van der Waals surface area contributed by atoms with Crippen molar-refractivity contribution in [1.82, 2.24) is 9.13 Å². The van der Waals surface area contributed by atoms with Crippen LogP contribution in [0, 0.1) is 6.92 Å². The minimum absolute atomic E-state index is 0.0487. The lowest BCUT2D eigenvalue weighted by Gasteiger charge is -2.31. The maximum absolute atomic E-state index is 11.3. The number of nitrogens with zero attached hydrogens (tertiary/aromatic N) is 2. The Morgan fingerprint density at radius 2 is 1.00 bits per heavy atom. The Morgan fingerprint density at radius 1 is 0.595 bits per heavy atom. The molecule has 0 radical (unpaired) electrons. The second-order valence-corrected chi connectivity index (χ2v) is 11.8. The van der Waals surface area contributed by atoms with Crippen LogP contribution in [0.3, 0.4) is 0 Å². The first-order valence-electron chi connectivity index (χ1n) is 14.0. The standard InChI is InChI=1S/C35H32N2O5/c1-19-5-7-20(8-6-19)35(2,3)21-9-13-23(14-10-21)42-24-15-11-22(12-16-24)37-33(40)29-25-17-18-26(30(29)34(37)41)28-27(25)31(38)36(4)32(28)39/h5-18,25-26,38-41H,1-4H3. The van der Waals surface area contributed by atoms with E-state index in [2.05, 4.69) is 57.2 Å². The van der Waals surface area contributed by atoms with Crippen LogP contribution in [-0.2, 0) is 12.5 Å². The van der Waals surface area contributed by atoms with Gasteiger partial charge in [0.2, 0.25) is 11.8 Å². The van der Waals surface area contributed by atoms with E-state index >= 15 is 0 Å². The van der Waals surface area contributed by atoms with E-state index in [-0.39, 0.29) is 28.9 Å². The quantitative estimate of drug-likeness (QED) is 0.170. The van der Waals surface area contributed by atoms with Gasteiger partial charge in [0.05, 0.1) is 5.69 Å². The summed E-state index contributed by atoms with van der Waals surface area (Å²) in [7, 11) is 1.58. The molecule has 3 aromatic carbocycles. The summed E-state index contributed by atoms with van der Waals surface area (Å²) in [4.78, 5) is 0. The van der Waals surface area contributed by atoms with Gasteiger partial charge in [0.15, 0.2) is 11.8 Å². The van der Waals surface area contributed by atoms with E-state index in [0.29, 0.717) is 39.4 Å². The zero-order chi connectivity index (χ0) is 29.5. The number of aromatic nitrogens is 2. The third-order valence-electron chi connectivity index (χ3n) is 9.02. The van der Waals surface area contributed by atoms with Crippen molar-refractivity contribution in [2.75, 3.05) is 0 Å². The number of aromatic hydroxyl groups is 4. The second kappa shape index (κ2) is 8.98. The maximum Gasteiger partial charge on any atom is 0.203 e. The molecule has 8 rings (SSSR count). The van der Waals surface area contributed by atoms with Crippen molar-refractivity contribution in [1.29, 1.82) is 0 Å². The Labute approximate surface area is 243 Å². The molecule has 42 heavy (non-hydrogen) atoms. The van der Waals surface area contributed by atoms with Gasteiger partial charge in [-0.25, -0.2) is 0 Å². The Morgan fingerprint density at radius 3 is 1.48 bits per heavy atom. The molecule has 212 valence electrons. The summed E-state index contributed by atoms with van der Waals surface area (Å²) < 4.78 is 8.83. The fourth-order valence-corrected chi connectivity index (χ4v) is 6.53. The minimum atomic E-state index is -0.485. The second-order valence-electron chi connectivity index (χ2n) is 11.8. The Bertz CT molecular complexity index is 1810. The van der Waals surface area contributed by atoms with Crippen LogP contribution in [0.1, 0.15) is 64.6 Å². The van der Waals surface area contributed by atoms with Gasteiger partial charge >= 0.3 is 0 Å². The van der Waals surface area contributed by atoms with Gasteiger partial charge in [-0.1, -0.05) is 68.0 Å². The molecule has 0 saturated carbocycles. The highest BCUT2D eigenvalue weighted by molar-refractivity contribution is 5.72. The van der Waals surface area contributed by atoms with Gasteiger partial charge < -0.3 is 25.2 Å². The molecule has 0 amide bonds.